The first-order valence-electron chi connectivity index (χ1n) is 10.5. The van der Waals surface area contributed by atoms with Gasteiger partial charge in [0.15, 0.2) is 10.9 Å². The van der Waals surface area contributed by atoms with Gasteiger partial charge in [0, 0.05) is 29.8 Å². The van der Waals surface area contributed by atoms with Gasteiger partial charge in [-0.1, -0.05) is 30.3 Å². The average molecular weight is 517 g/mol. The molecular formula is C25H20N6O3S2. The number of nitrogens with two attached hydrogens (primary N) is 1. The van der Waals surface area contributed by atoms with Crippen molar-refractivity contribution in [3.63, 3.8) is 0 Å². The molecule has 0 fully saturated rings. The average Bonchev–Trinajstić information content (AvgIpc) is 3.40. The highest BCUT2D eigenvalue weighted by Crippen LogP contribution is 2.32. The Hall–Kier alpha value is -4.53. The molecule has 180 valence electrons. The van der Waals surface area contributed by atoms with Gasteiger partial charge in [0.05, 0.1) is 28.1 Å². The van der Waals surface area contributed by atoms with Crippen LogP contribution >= 0.6 is 11.3 Å². The summed E-state index contributed by atoms with van der Waals surface area (Å²) in [6, 6.07) is 17.4. The van der Waals surface area contributed by atoms with Gasteiger partial charge in [0.2, 0.25) is 0 Å². The van der Waals surface area contributed by atoms with Crippen LogP contribution in [0.3, 0.4) is 0 Å². The third-order valence-corrected chi connectivity index (χ3v) is 7.12. The maximum Gasteiger partial charge on any atom is 0.263 e. The van der Waals surface area contributed by atoms with Gasteiger partial charge in [-0.15, -0.1) is 11.3 Å². The second kappa shape index (κ2) is 10.8. The minimum absolute atomic E-state index is 0.0273. The summed E-state index contributed by atoms with van der Waals surface area (Å²) in [5, 5.41) is 11.6. The van der Waals surface area contributed by atoms with Crippen molar-refractivity contribution in [3.8, 4) is 28.8 Å². The van der Waals surface area contributed by atoms with Crippen molar-refractivity contribution in [2.75, 3.05) is 11.8 Å². The van der Waals surface area contributed by atoms with Crippen molar-refractivity contribution >= 4 is 32.2 Å². The van der Waals surface area contributed by atoms with Crippen LogP contribution in [-0.4, -0.2) is 31.1 Å². The number of aliphatic imine (C=N–C) groups is 1. The molecule has 0 bridgehead atoms. The molecule has 11 heteroatoms. The number of anilines is 1. The van der Waals surface area contributed by atoms with Crippen LogP contribution in [0.5, 0.6) is 11.5 Å². The largest absolute Gasteiger partial charge is 0.454 e. The van der Waals surface area contributed by atoms with Gasteiger partial charge in [-0.05, 0) is 36.5 Å². The van der Waals surface area contributed by atoms with Gasteiger partial charge in [-0.2, -0.15) is 5.26 Å². The SMILES string of the molecule is CN=C(C=CN)c1cc(-c2ccccc2)ncc1Oc1ccc(S(=O)(=O)Nc2nccs2)cc1C#N. The molecule has 0 saturated heterocycles. The van der Waals surface area contributed by atoms with Gasteiger partial charge in [-0.3, -0.25) is 14.7 Å². The van der Waals surface area contributed by atoms with E-state index in [9.17, 15) is 13.7 Å². The molecule has 2 aromatic heterocycles. The molecule has 0 radical (unpaired) electrons. The summed E-state index contributed by atoms with van der Waals surface area (Å²) in [5.41, 5.74) is 8.38. The Bertz CT molecular complexity index is 1580. The lowest BCUT2D eigenvalue weighted by atomic mass is 10.1. The highest BCUT2D eigenvalue weighted by atomic mass is 32.2. The van der Waals surface area contributed by atoms with Gasteiger partial charge in [-0.25, -0.2) is 13.4 Å². The fourth-order valence-corrected chi connectivity index (χ4v) is 5.10. The van der Waals surface area contributed by atoms with Crippen LogP contribution in [0.25, 0.3) is 11.3 Å². The van der Waals surface area contributed by atoms with Crippen molar-refractivity contribution in [2.24, 2.45) is 10.7 Å². The third-order valence-electron chi connectivity index (χ3n) is 4.96. The molecule has 9 nitrogen and oxygen atoms in total. The number of thiazole rings is 1. The van der Waals surface area contributed by atoms with Crippen LogP contribution in [0.4, 0.5) is 5.13 Å². The Labute approximate surface area is 212 Å². The van der Waals surface area contributed by atoms with Crippen LogP contribution < -0.4 is 15.2 Å². The summed E-state index contributed by atoms with van der Waals surface area (Å²) in [6.45, 7) is 0. The minimum atomic E-state index is -3.94. The molecule has 4 rings (SSSR count). The van der Waals surface area contributed by atoms with Crippen molar-refractivity contribution < 1.29 is 13.2 Å². The normalized spacial score (nSPS) is 11.8. The zero-order chi connectivity index (χ0) is 25.5. The topological polar surface area (TPSA) is 143 Å². The van der Waals surface area contributed by atoms with E-state index < -0.39 is 10.0 Å². The van der Waals surface area contributed by atoms with Crippen LogP contribution in [-0.2, 0) is 10.0 Å². The van der Waals surface area contributed by atoms with Crippen molar-refractivity contribution in [2.45, 2.75) is 4.90 Å². The summed E-state index contributed by atoms with van der Waals surface area (Å²) < 4.78 is 33.9. The highest BCUT2D eigenvalue weighted by molar-refractivity contribution is 7.93. The molecule has 2 aromatic carbocycles. The molecule has 0 spiro atoms. The van der Waals surface area contributed by atoms with Crippen LogP contribution in [0.2, 0.25) is 0 Å². The maximum atomic E-state index is 12.7. The summed E-state index contributed by atoms with van der Waals surface area (Å²) in [5.74, 6) is 0.481. The van der Waals surface area contributed by atoms with Gasteiger partial charge in [0.1, 0.15) is 11.8 Å². The molecule has 0 amide bonds. The molecule has 0 aliphatic heterocycles. The van der Waals surface area contributed by atoms with E-state index in [1.165, 1.54) is 36.8 Å². The second-order valence-corrected chi connectivity index (χ2v) is 9.79. The molecule has 3 N–H and O–H groups in total. The number of hydrogen-bond donors (Lipinski definition) is 2. The van der Waals surface area contributed by atoms with Crippen molar-refractivity contribution in [3.05, 3.63) is 95.8 Å². The summed E-state index contributed by atoms with van der Waals surface area (Å²) in [7, 11) is -2.32. The first kappa shape index (κ1) is 24.6. The number of aromatic nitrogens is 2. The molecule has 0 atom stereocenters. The predicted molar refractivity (Wildman–Crippen MR) is 140 cm³/mol. The quantitative estimate of drug-likeness (QED) is 0.327. The van der Waals surface area contributed by atoms with E-state index in [4.69, 9.17) is 10.5 Å². The Morgan fingerprint density at radius 3 is 2.64 bits per heavy atom. The number of nitriles is 1. The number of rotatable bonds is 8. The van der Waals surface area contributed by atoms with E-state index in [0.29, 0.717) is 22.7 Å². The second-order valence-electron chi connectivity index (χ2n) is 7.21. The summed E-state index contributed by atoms with van der Waals surface area (Å²) in [6.07, 6.45) is 6.01. The number of ether oxygens (including phenoxy) is 1. The zero-order valence-corrected chi connectivity index (χ0v) is 20.6. The zero-order valence-electron chi connectivity index (χ0n) is 19.0. The fraction of sp³-hybridized carbons (Fsp3) is 0.0400. The number of benzene rings is 2. The molecule has 0 saturated carbocycles. The molecule has 0 aliphatic rings. The number of hydrogen-bond acceptors (Lipinski definition) is 9. The first-order chi connectivity index (χ1) is 17.4. The lowest BCUT2D eigenvalue weighted by molar-refractivity contribution is 0.477. The van der Waals surface area contributed by atoms with Crippen LogP contribution in [0.15, 0.2) is 94.5 Å². The Balaban J connectivity index is 1.73. The third kappa shape index (κ3) is 5.41. The molecule has 4 aromatic rings. The number of allylic oxidation sites excluding steroid dienone is 1. The van der Waals surface area contributed by atoms with Gasteiger partial charge in [0.25, 0.3) is 10.0 Å². The minimum Gasteiger partial charge on any atom is -0.454 e. The molecular weight excluding hydrogens is 496 g/mol. The number of sulfonamides is 1. The van der Waals surface area contributed by atoms with Crippen molar-refractivity contribution in [1.82, 2.24) is 9.97 Å². The predicted octanol–water partition coefficient (Wildman–Crippen LogP) is 4.56. The van der Waals surface area contributed by atoms with E-state index >= 15 is 0 Å². The standard InChI is InChI=1S/C25H20N6O3S2/c1-28-21(9-10-26)20-14-22(17-5-3-2-4-6-17)30-16-24(20)34-23-8-7-19(13-18(23)15-27)36(32,33)31-25-29-11-12-35-25/h2-14,16H,26H2,1H3,(H,29,31). The lowest BCUT2D eigenvalue weighted by Crippen LogP contribution is -2.13. The van der Waals surface area contributed by atoms with Crippen molar-refractivity contribution in [1.29, 1.82) is 5.26 Å². The fourth-order valence-electron chi connectivity index (χ4n) is 3.29. The molecule has 2 heterocycles. The van der Waals surface area contributed by atoms with E-state index in [1.54, 1.807) is 18.5 Å². The number of nitrogens with one attached hydrogen (secondary N) is 1. The molecule has 0 unspecified atom stereocenters. The first-order valence-corrected chi connectivity index (χ1v) is 12.9. The Morgan fingerprint density at radius 2 is 1.97 bits per heavy atom. The highest BCUT2D eigenvalue weighted by Gasteiger charge is 2.20. The lowest BCUT2D eigenvalue weighted by Gasteiger charge is -2.14. The smallest absolute Gasteiger partial charge is 0.263 e. The summed E-state index contributed by atoms with van der Waals surface area (Å²) >= 11 is 1.15. The van der Waals surface area contributed by atoms with Gasteiger partial charge >= 0.3 is 0 Å². The maximum absolute atomic E-state index is 12.7. The molecule has 0 aliphatic carbocycles. The molecule has 36 heavy (non-hydrogen) atoms. The Morgan fingerprint density at radius 1 is 1.17 bits per heavy atom. The van der Waals surface area contributed by atoms with Crippen LogP contribution in [0.1, 0.15) is 11.1 Å². The number of nitrogens with zero attached hydrogens (tertiary/aromatic N) is 4. The number of pyridine rings is 1. The Kier molecular flexibility index (Phi) is 7.39. The van der Waals surface area contributed by atoms with Gasteiger partial charge < -0.3 is 10.5 Å². The monoisotopic (exact) mass is 516 g/mol. The van der Waals surface area contributed by atoms with E-state index in [-0.39, 0.29) is 21.3 Å². The van der Waals surface area contributed by atoms with E-state index in [2.05, 4.69) is 19.7 Å². The van der Waals surface area contributed by atoms with Crippen LogP contribution in [0, 0.1) is 11.3 Å². The van der Waals surface area contributed by atoms with E-state index in [1.807, 2.05) is 42.5 Å². The van der Waals surface area contributed by atoms with E-state index in [0.717, 1.165) is 16.9 Å². The summed E-state index contributed by atoms with van der Waals surface area (Å²) in [4.78, 5) is 12.6.